The van der Waals surface area contributed by atoms with Crippen LogP contribution in [0.25, 0.3) is 0 Å². The van der Waals surface area contributed by atoms with Crippen LogP contribution in [0.2, 0.25) is 0 Å². The summed E-state index contributed by atoms with van der Waals surface area (Å²) < 4.78 is 13.1. The van der Waals surface area contributed by atoms with E-state index >= 15 is 0 Å². The van der Waals surface area contributed by atoms with Crippen LogP contribution in [0.3, 0.4) is 0 Å². The Morgan fingerprint density at radius 3 is 2.38 bits per heavy atom. The number of rotatable bonds is 6. The summed E-state index contributed by atoms with van der Waals surface area (Å²) in [6, 6.07) is 8.52. The smallest absolute Gasteiger partial charge is 0.252 e. The van der Waals surface area contributed by atoms with Gasteiger partial charge in [0.15, 0.2) is 0 Å². The van der Waals surface area contributed by atoms with E-state index in [-0.39, 0.29) is 11.7 Å². The second-order valence-corrected chi connectivity index (χ2v) is 6.49. The highest BCUT2D eigenvalue weighted by atomic mass is 19.1. The standard InChI is InChI=1S/C20H25FN4O/c1-2-3-8-23-20(26)16-13-19(15-22-14-16)25-11-9-24(10-12-25)18-6-4-17(21)5-7-18/h4-7,13-15H,2-3,8-12H2,1H3,(H,23,26). The number of unbranched alkanes of at least 4 members (excludes halogenated alkanes) is 1. The maximum absolute atomic E-state index is 13.1. The summed E-state index contributed by atoms with van der Waals surface area (Å²) >= 11 is 0. The molecule has 0 atom stereocenters. The minimum Gasteiger partial charge on any atom is -0.368 e. The number of pyridine rings is 1. The Kier molecular flexibility index (Phi) is 6.04. The van der Waals surface area contributed by atoms with Gasteiger partial charge in [-0.25, -0.2) is 4.39 Å². The first kappa shape index (κ1) is 18.2. The van der Waals surface area contributed by atoms with Crippen molar-refractivity contribution in [1.29, 1.82) is 0 Å². The number of carbonyl (C=O) groups excluding carboxylic acids is 1. The van der Waals surface area contributed by atoms with Gasteiger partial charge in [-0.15, -0.1) is 0 Å². The fourth-order valence-electron chi connectivity index (χ4n) is 3.08. The predicted octanol–water partition coefficient (Wildman–Crippen LogP) is 3.08. The maximum atomic E-state index is 13.1. The molecule has 1 fully saturated rings. The molecule has 3 rings (SSSR count). The average Bonchev–Trinajstić information content (AvgIpc) is 2.69. The van der Waals surface area contributed by atoms with E-state index in [1.807, 2.05) is 18.2 Å². The number of benzene rings is 1. The summed E-state index contributed by atoms with van der Waals surface area (Å²) in [6.45, 7) is 6.15. The molecule has 1 aliphatic rings. The van der Waals surface area contributed by atoms with Crippen LogP contribution >= 0.6 is 0 Å². The lowest BCUT2D eigenvalue weighted by Gasteiger charge is -2.37. The summed E-state index contributed by atoms with van der Waals surface area (Å²) in [5.41, 5.74) is 2.60. The number of hydrogen-bond acceptors (Lipinski definition) is 4. The quantitative estimate of drug-likeness (QED) is 0.808. The van der Waals surface area contributed by atoms with E-state index in [1.54, 1.807) is 12.4 Å². The number of halogens is 1. The lowest BCUT2D eigenvalue weighted by molar-refractivity contribution is 0.0953. The van der Waals surface area contributed by atoms with Gasteiger partial charge in [-0.3, -0.25) is 9.78 Å². The normalized spacial score (nSPS) is 14.4. The van der Waals surface area contributed by atoms with E-state index in [0.717, 1.165) is 50.4 Å². The van der Waals surface area contributed by atoms with Crippen LogP contribution in [-0.2, 0) is 0 Å². The second-order valence-electron chi connectivity index (χ2n) is 6.49. The predicted molar refractivity (Wildman–Crippen MR) is 102 cm³/mol. The van der Waals surface area contributed by atoms with E-state index in [9.17, 15) is 9.18 Å². The van der Waals surface area contributed by atoms with Crippen LogP contribution in [0.4, 0.5) is 15.8 Å². The van der Waals surface area contributed by atoms with Crippen molar-refractivity contribution in [1.82, 2.24) is 10.3 Å². The Morgan fingerprint density at radius 1 is 1.08 bits per heavy atom. The van der Waals surface area contributed by atoms with Crippen LogP contribution in [-0.4, -0.2) is 43.6 Å². The minimum absolute atomic E-state index is 0.0715. The summed E-state index contributed by atoms with van der Waals surface area (Å²) in [5, 5.41) is 2.93. The number of piperazine rings is 1. The highest BCUT2D eigenvalue weighted by Gasteiger charge is 2.19. The summed E-state index contributed by atoms with van der Waals surface area (Å²) in [6.07, 6.45) is 5.44. The van der Waals surface area contributed by atoms with E-state index in [0.29, 0.717) is 12.1 Å². The van der Waals surface area contributed by atoms with Crippen molar-refractivity contribution >= 4 is 17.3 Å². The molecule has 2 aromatic rings. The third-order valence-corrected chi connectivity index (χ3v) is 4.64. The molecule has 0 unspecified atom stereocenters. The third-order valence-electron chi connectivity index (χ3n) is 4.64. The molecule has 2 heterocycles. The third kappa shape index (κ3) is 4.50. The molecule has 1 aromatic heterocycles. The molecule has 5 nitrogen and oxygen atoms in total. The molecule has 0 saturated carbocycles. The van der Waals surface area contributed by atoms with Crippen LogP contribution in [0.5, 0.6) is 0 Å². The van der Waals surface area contributed by atoms with Gasteiger partial charge in [0.2, 0.25) is 0 Å². The van der Waals surface area contributed by atoms with Crippen LogP contribution in [0.15, 0.2) is 42.7 Å². The SMILES string of the molecule is CCCCNC(=O)c1cncc(N2CCN(c3ccc(F)cc3)CC2)c1. The zero-order chi connectivity index (χ0) is 18.4. The van der Waals surface area contributed by atoms with Gasteiger partial charge in [-0.2, -0.15) is 0 Å². The monoisotopic (exact) mass is 356 g/mol. The molecular weight excluding hydrogens is 331 g/mol. The Morgan fingerprint density at radius 2 is 1.73 bits per heavy atom. The zero-order valence-corrected chi connectivity index (χ0v) is 15.1. The molecule has 1 saturated heterocycles. The molecule has 6 heteroatoms. The first-order chi connectivity index (χ1) is 12.7. The number of nitrogens with zero attached hydrogens (tertiary/aromatic N) is 3. The first-order valence-electron chi connectivity index (χ1n) is 9.16. The molecule has 138 valence electrons. The van der Waals surface area contributed by atoms with Crippen LogP contribution in [0.1, 0.15) is 30.1 Å². The van der Waals surface area contributed by atoms with Crippen molar-refractivity contribution in [3.8, 4) is 0 Å². The number of amides is 1. The molecule has 1 aliphatic heterocycles. The van der Waals surface area contributed by atoms with E-state index in [2.05, 4.69) is 27.0 Å². The van der Waals surface area contributed by atoms with Gasteiger partial charge >= 0.3 is 0 Å². The zero-order valence-electron chi connectivity index (χ0n) is 15.1. The van der Waals surface area contributed by atoms with Crippen molar-refractivity contribution in [3.63, 3.8) is 0 Å². The molecule has 0 spiro atoms. The lowest BCUT2D eigenvalue weighted by atomic mass is 10.2. The molecule has 0 bridgehead atoms. The van der Waals surface area contributed by atoms with Gasteiger partial charge in [-0.1, -0.05) is 13.3 Å². The van der Waals surface area contributed by atoms with Crippen molar-refractivity contribution in [2.45, 2.75) is 19.8 Å². The fourth-order valence-corrected chi connectivity index (χ4v) is 3.08. The van der Waals surface area contributed by atoms with E-state index < -0.39 is 0 Å². The van der Waals surface area contributed by atoms with Gasteiger partial charge in [0.05, 0.1) is 17.4 Å². The topological polar surface area (TPSA) is 48.5 Å². The van der Waals surface area contributed by atoms with Crippen molar-refractivity contribution in [2.24, 2.45) is 0 Å². The van der Waals surface area contributed by atoms with Crippen LogP contribution in [0, 0.1) is 5.82 Å². The summed E-state index contributed by atoms with van der Waals surface area (Å²) in [7, 11) is 0. The van der Waals surface area contributed by atoms with Gasteiger partial charge in [0, 0.05) is 44.6 Å². The molecule has 0 radical (unpaired) electrons. The Hall–Kier alpha value is -2.63. The van der Waals surface area contributed by atoms with Gasteiger partial charge in [0.1, 0.15) is 5.82 Å². The summed E-state index contributed by atoms with van der Waals surface area (Å²) in [5.74, 6) is -0.287. The average molecular weight is 356 g/mol. The molecule has 1 amide bonds. The molecule has 1 N–H and O–H groups in total. The minimum atomic E-state index is -0.215. The summed E-state index contributed by atoms with van der Waals surface area (Å²) in [4.78, 5) is 20.9. The Labute approximate surface area is 153 Å². The van der Waals surface area contributed by atoms with Gasteiger partial charge < -0.3 is 15.1 Å². The largest absolute Gasteiger partial charge is 0.368 e. The first-order valence-corrected chi connectivity index (χ1v) is 9.16. The van der Waals surface area contributed by atoms with Crippen LogP contribution < -0.4 is 15.1 Å². The molecule has 26 heavy (non-hydrogen) atoms. The lowest BCUT2D eigenvalue weighted by Crippen LogP contribution is -2.46. The van der Waals surface area contributed by atoms with E-state index in [1.165, 1.54) is 12.1 Å². The maximum Gasteiger partial charge on any atom is 0.252 e. The molecular formula is C20H25FN4O. The van der Waals surface area contributed by atoms with Gasteiger partial charge in [-0.05, 0) is 36.8 Å². The number of aromatic nitrogens is 1. The van der Waals surface area contributed by atoms with Crippen molar-refractivity contribution in [2.75, 3.05) is 42.5 Å². The van der Waals surface area contributed by atoms with Crippen molar-refractivity contribution < 1.29 is 9.18 Å². The number of carbonyl (C=O) groups is 1. The number of nitrogens with one attached hydrogen (secondary N) is 1. The van der Waals surface area contributed by atoms with Crippen molar-refractivity contribution in [3.05, 3.63) is 54.1 Å². The van der Waals surface area contributed by atoms with Gasteiger partial charge in [0.25, 0.3) is 5.91 Å². The number of hydrogen-bond donors (Lipinski definition) is 1. The molecule has 0 aliphatic carbocycles. The second kappa shape index (κ2) is 8.65. The van der Waals surface area contributed by atoms with E-state index in [4.69, 9.17) is 0 Å². The highest BCUT2D eigenvalue weighted by molar-refractivity contribution is 5.94. The Bertz CT molecular complexity index is 727. The fraction of sp³-hybridized carbons (Fsp3) is 0.400. The number of anilines is 2. The highest BCUT2D eigenvalue weighted by Crippen LogP contribution is 2.21. The Balaban J connectivity index is 1.59. The molecule has 1 aromatic carbocycles.